The van der Waals surface area contributed by atoms with Crippen LogP contribution < -0.4 is 10.2 Å². The summed E-state index contributed by atoms with van der Waals surface area (Å²) in [7, 11) is 0. The highest BCUT2D eigenvalue weighted by Crippen LogP contribution is 2.35. The number of hydrogen-bond donors (Lipinski definition) is 1. The van der Waals surface area contributed by atoms with Crippen molar-refractivity contribution >= 4 is 29.0 Å². The molecule has 3 heterocycles. The zero-order valence-electron chi connectivity index (χ0n) is 13.3. The van der Waals surface area contributed by atoms with Crippen LogP contribution in [0.4, 0.5) is 38.1 Å². The van der Waals surface area contributed by atoms with Gasteiger partial charge < -0.3 is 10.2 Å². The van der Waals surface area contributed by atoms with E-state index in [1.165, 1.54) is 17.8 Å². The third-order valence-corrected chi connectivity index (χ3v) is 4.67. The molecule has 0 radical (unpaired) electrons. The van der Waals surface area contributed by atoms with E-state index in [0.717, 1.165) is 16.2 Å². The van der Waals surface area contributed by atoms with Crippen LogP contribution in [0.1, 0.15) is 12.8 Å². The minimum absolute atomic E-state index is 0.0383. The number of halogens is 6. The highest BCUT2D eigenvalue weighted by atomic mass is 32.1. The summed E-state index contributed by atoms with van der Waals surface area (Å²) in [6, 6.07) is -1.65. The summed E-state index contributed by atoms with van der Waals surface area (Å²) in [6.07, 6.45) is -6.63. The Bertz CT molecular complexity index is 819. The molecule has 146 valence electrons. The summed E-state index contributed by atoms with van der Waals surface area (Å²) >= 11 is 0.931. The van der Waals surface area contributed by atoms with Crippen LogP contribution in [-0.4, -0.2) is 45.8 Å². The Kier molecular flexibility index (Phi) is 4.97. The molecule has 0 bridgehead atoms. The van der Waals surface area contributed by atoms with Gasteiger partial charge in [0.05, 0.1) is 0 Å². The lowest BCUT2D eigenvalue weighted by atomic mass is 10.2. The summed E-state index contributed by atoms with van der Waals surface area (Å²) < 4.78 is 75.7. The number of nitrogens with one attached hydrogen (secondary N) is 1. The largest absolute Gasteiger partial charge is 0.471 e. The number of nitrogens with zero attached hydrogens (tertiary/aromatic N) is 4. The summed E-state index contributed by atoms with van der Waals surface area (Å²) in [4.78, 5) is 23.6. The molecule has 1 N–H and O–H groups in total. The molecule has 0 aliphatic carbocycles. The minimum atomic E-state index is -5.04. The number of rotatable bonds is 3. The van der Waals surface area contributed by atoms with Crippen LogP contribution in [-0.2, 0) is 4.79 Å². The molecule has 1 atom stereocenters. The van der Waals surface area contributed by atoms with E-state index in [-0.39, 0.29) is 29.7 Å². The van der Waals surface area contributed by atoms with Crippen molar-refractivity contribution in [2.75, 3.05) is 16.8 Å². The Morgan fingerprint density at radius 2 is 1.85 bits per heavy atom. The molecule has 2 aromatic rings. The molecule has 3 rings (SSSR count). The number of anilines is 2. The lowest BCUT2D eigenvalue weighted by Crippen LogP contribution is -2.42. The number of carbonyl (C=O) groups is 1. The molecule has 1 aliphatic rings. The summed E-state index contributed by atoms with van der Waals surface area (Å²) in [5, 5.41) is 3.03. The van der Waals surface area contributed by atoms with E-state index < -0.39 is 24.3 Å². The third kappa shape index (κ3) is 4.28. The molecule has 1 amide bonds. The minimum Gasteiger partial charge on any atom is -0.329 e. The van der Waals surface area contributed by atoms with Gasteiger partial charge in [-0.25, -0.2) is 15.0 Å². The van der Waals surface area contributed by atoms with Crippen molar-refractivity contribution in [1.29, 1.82) is 0 Å². The summed E-state index contributed by atoms with van der Waals surface area (Å²) in [6.45, 7) is 0.175. The molecule has 0 aromatic carbocycles. The van der Waals surface area contributed by atoms with Crippen molar-refractivity contribution < 1.29 is 31.1 Å². The molecule has 0 spiro atoms. The first-order valence-corrected chi connectivity index (χ1v) is 8.43. The number of amides is 1. The monoisotopic (exact) mass is 411 g/mol. The maximum Gasteiger partial charge on any atom is 0.471 e. The van der Waals surface area contributed by atoms with Gasteiger partial charge in [0.15, 0.2) is 0 Å². The molecular formula is C14H11F6N5OS. The number of carbonyl (C=O) groups excluding carboxylic acids is 1. The van der Waals surface area contributed by atoms with Crippen molar-refractivity contribution in [3.05, 3.63) is 17.8 Å². The zero-order chi connectivity index (χ0) is 19.8. The maximum absolute atomic E-state index is 13.0. The smallest absolute Gasteiger partial charge is 0.329 e. The van der Waals surface area contributed by atoms with Crippen LogP contribution in [0.2, 0.25) is 0 Å². The van der Waals surface area contributed by atoms with E-state index in [4.69, 9.17) is 0 Å². The predicted molar refractivity (Wildman–Crippen MR) is 84.2 cm³/mol. The van der Waals surface area contributed by atoms with Crippen LogP contribution in [0.3, 0.4) is 0 Å². The van der Waals surface area contributed by atoms with Crippen molar-refractivity contribution in [3.63, 3.8) is 0 Å². The van der Waals surface area contributed by atoms with E-state index in [2.05, 4.69) is 15.0 Å². The van der Waals surface area contributed by atoms with E-state index in [1.807, 2.05) is 0 Å². The van der Waals surface area contributed by atoms with Crippen molar-refractivity contribution in [2.45, 2.75) is 31.2 Å². The molecule has 0 unspecified atom stereocenters. The van der Waals surface area contributed by atoms with Crippen LogP contribution in [0, 0.1) is 0 Å². The van der Waals surface area contributed by atoms with Crippen LogP contribution in [0.5, 0.6) is 0 Å². The predicted octanol–water partition coefficient (Wildman–Crippen LogP) is 3.63. The Labute approximate surface area is 152 Å². The number of thiazole rings is 1. The van der Waals surface area contributed by atoms with Gasteiger partial charge >= 0.3 is 18.3 Å². The van der Waals surface area contributed by atoms with E-state index in [9.17, 15) is 31.1 Å². The van der Waals surface area contributed by atoms with E-state index >= 15 is 0 Å². The highest BCUT2D eigenvalue weighted by molar-refractivity contribution is 7.13. The Morgan fingerprint density at radius 3 is 2.44 bits per heavy atom. The standard InChI is InChI=1S/C14H11F6N5OS/c15-13(16,17)8-2-1-3-25(8)12-21-4-7(5-22-12)10-23-9(6-27-10)24-11(26)14(18,19)20/h4-6,8H,1-3H2,(H,24,26)/t8-/m0/s1. The van der Waals surface area contributed by atoms with Crippen molar-refractivity contribution in [2.24, 2.45) is 0 Å². The fourth-order valence-corrected chi connectivity index (χ4v) is 3.30. The van der Waals surface area contributed by atoms with Gasteiger partial charge in [0, 0.05) is 29.9 Å². The fourth-order valence-electron chi connectivity index (χ4n) is 2.58. The van der Waals surface area contributed by atoms with Crippen LogP contribution in [0.25, 0.3) is 10.6 Å². The normalized spacial score (nSPS) is 18.0. The third-order valence-electron chi connectivity index (χ3n) is 3.78. The van der Waals surface area contributed by atoms with Crippen molar-refractivity contribution in [1.82, 2.24) is 15.0 Å². The molecule has 2 aromatic heterocycles. The fraction of sp³-hybridized carbons (Fsp3) is 0.429. The van der Waals surface area contributed by atoms with Gasteiger partial charge in [0.25, 0.3) is 0 Å². The molecule has 1 aliphatic heterocycles. The number of alkyl halides is 6. The summed E-state index contributed by atoms with van der Waals surface area (Å²) in [5.41, 5.74) is 0.305. The van der Waals surface area contributed by atoms with Gasteiger partial charge in [-0.2, -0.15) is 26.3 Å². The van der Waals surface area contributed by atoms with Crippen LogP contribution in [0.15, 0.2) is 17.8 Å². The molecule has 6 nitrogen and oxygen atoms in total. The lowest BCUT2D eigenvalue weighted by Gasteiger charge is -2.26. The molecular weight excluding hydrogens is 400 g/mol. The van der Waals surface area contributed by atoms with Gasteiger partial charge in [0.1, 0.15) is 16.9 Å². The van der Waals surface area contributed by atoms with Gasteiger partial charge in [-0.05, 0) is 12.8 Å². The Balaban J connectivity index is 1.74. The Hall–Kier alpha value is -2.44. The van der Waals surface area contributed by atoms with Crippen LogP contribution >= 0.6 is 11.3 Å². The first kappa shape index (κ1) is 19.3. The van der Waals surface area contributed by atoms with Gasteiger partial charge in [-0.3, -0.25) is 4.79 Å². The first-order valence-electron chi connectivity index (χ1n) is 7.55. The first-order chi connectivity index (χ1) is 12.6. The zero-order valence-corrected chi connectivity index (χ0v) is 14.1. The summed E-state index contributed by atoms with van der Waals surface area (Å²) in [5.74, 6) is -2.53. The second kappa shape index (κ2) is 6.94. The van der Waals surface area contributed by atoms with Gasteiger partial charge in [-0.15, -0.1) is 11.3 Å². The highest BCUT2D eigenvalue weighted by Gasteiger charge is 2.46. The molecule has 1 saturated heterocycles. The quantitative estimate of drug-likeness (QED) is 0.782. The van der Waals surface area contributed by atoms with E-state index in [0.29, 0.717) is 12.0 Å². The topological polar surface area (TPSA) is 71.0 Å². The Morgan fingerprint density at radius 1 is 1.19 bits per heavy atom. The van der Waals surface area contributed by atoms with Crippen molar-refractivity contribution in [3.8, 4) is 10.6 Å². The molecule has 27 heavy (non-hydrogen) atoms. The van der Waals surface area contributed by atoms with E-state index in [1.54, 1.807) is 5.32 Å². The molecule has 1 fully saturated rings. The van der Waals surface area contributed by atoms with Gasteiger partial charge in [-0.1, -0.05) is 0 Å². The average Bonchev–Trinajstić information content (AvgIpc) is 3.23. The second-order valence-corrected chi connectivity index (χ2v) is 6.51. The number of aromatic nitrogens is 3. The SMILES string of the molecule is O=C(Nc1csc(-c2cnc(N3CCC[C@H]3C(F)(F)F)nc2)n1)C(F)(F)F. The molecule has 13 heteroatoms. The average molecular weight is 411 g/mol. The van der Waals surface area contributed by atoms with Gasteiger partial charge in [0.2, 0.25) is 5.95 Å². The lowest BCUT2D eigenvalue weighted by molar-refractivity contribution is -0.167. The molecule has 0 saturated carbocycles. The maximum atomic E-state index is 13.0. The number of hydrogen-bond acceptors (Lipinski definition) is 6. The second-order valence-electron chi connectivity index (χ2n) is 5.65.